The van der Waals surface area contributed by atoms with E-state index in [1.807, 2.05) is 0 Å². The molecule has 0 spiro atoms. The second-order valence-corrected chi connectivity index (χ2v) is 6.92. The quantitative estimate of drug-likeness (QED) is 0.517. The number of carbonyl (C=O) groups is 1. The van der Waals surface area contributed by atoms with E-state index in [0.29, 0.717) is 5.69 Å². The molecule has 2 N–H and O–H groups in total. The van der Waals surface area contributed by atoms with Gasteiger partial charge in [-0.15, -0.1) is 0 Å². The number of rotatable bonds is 4. The van der Waals surface area contributed by atoms with Crippen LogP contribution in [-0.4, -0.2) is 24.7 Å². The summed E-state index contributed by atoms with van der Waals surface area (Å²) in [6, 6.07) is 6.00. The lowest BCUT2D eigenvalue weighted by atomic mass is 10.1. The molecule has 94 valence electrons. The van der Waals surface area contributed by atoms with Gasteiger partial charge in [0.15, 0.2) is 15.6 Å². The van der Waals surface area contributed by atoms with E-state index in [1.54, 1.807) is 6.92 Å². The Morgan fingerprint density at radius 2 is 1.82 bits per heavy atom. The molecular weight excluding hydrogens is 262 g/mol. The molecule has 1 aromatic rings. The van der Waals surface area contributed by atoms with Crippen molar-refractivity contribution in [2.45, 2.75) is 17.6 Å². The predicted molar refractivity (Wildman–Crippen MR) is 68.9 cm³/mol. The lowest BCUT2D eigenvalue weighted by molar-refractivity contribution is 0.0971. The number of hydrogen-bond donors (Lipinski definition) is 1. The molecule has 4 nitrogen and oxygen atoms in total. The van der Waals surface area contributed by atoms with Crippen molar-refractivity contribution in [3.63, 3.8) is 0 Å². The van der Waals surface area contributed by atoms with Gasteiger partial charge in [0.05, 0.1) is 0 Å². The molecule has 6 heteroatoms. The Hall–Kier alpha value is -1.07. The average molecular weight is 276 g/mol. The van der Waals surface area contributed by atoms with E-state index in [0.717, 1.165) is 6.26 Å². The zero-order valence-corrected chi connectivity index (χ0v) is 11.2. The van der Waals surface area contributed by atoms with Gasteiger partial charge >= 0.3 is 0 Å². The minimum atomic E-state index is -3.69. The Morgan fingerprint density at radius 3 is 2.18 bits per heavy atom. The van der Waals surface area contributed by atoms with E-state index in [9.17, 15) is 13.2 Å². The van der Waals surface area contributed by atoms with Gasteiger partial charge in [0.25, 0.3) is 0 Å². The molecule has 0 saturated carbocycles. The molecular formula is C11H14ClNO3S. The second-order valence-electron chi connectivity index (χ2n) is 3.81. The smallest absolute Gasteiger partial charge is 0.207 e. The summed E-state index contributed by atoms with van der Waals surface area (Å²) in [7, 11) is -3.69. The molecule has 0 aromatic heterocycles. The van der Waals surface area contributed by atoms with Gasteiger partial charge in [-0.3, -0.25) is 4.79 Å². The van der Waals surface area contributed by atoms with Crippen LogP contribution >= 0.6 is 11.6 Å². The summed E-state index contributed by atoms with van der Waals surface area (Å²) >= 11 is 5.96. The van der Waals surface area contributed by atoms with E-state index in [4.69, 9.17) is 17.3 Å². The Labute approximate surface area is 106 Å². The van der Waals surface area contributed by atoms with Crippen LogP contribution in [0.1, 0.15) is 23.7 Å². The van der Waals surface area contributed by atoms with Crippen molar-refractivity contribution in [1.82, 2.24) is 0 Å². The summed E-state index contributed by atoms with van der Waals surface area (Å²) in [5.74, 6) is -0.621. The fourth-order valence-corrected chi connectivity index (χ4v) is 2.53. The third-order valence-electron chi connectivity index (χ3n) is 2.55. The molecule has 0 fully saturated rings. The molecule has 0 amide bonds. The molecule has 0 saturated heterocycles. The van der Waals surface area contributed by atoms with E-state index >= 15 is 0 Å². The Balaban J connectivity index is 3.24. The maximum atomic E-state index is 12.1. The van der Waals surface area contributed by atoms with Crippen molar-refractivity contribution in [1.29, 1.82) is 0 Å². The number of halogens is 1. The normalized spacial score (nSPS) is 15.2. The minimum Gasteiger partial charge on any atom is -0.399 e. The largest absolute Gasteiger partial charge is 0.399 e. The van der Waals surface area contributed by atoms with Crippen LogP contribution in [-0.2, 0) is 9.84 Å². The second kappa shape index (κ2) is 4.66. The number of hydrogen-bond acceptors (Lipinski definition) is 4. The SMILES string of the molecule is CC[C@](Cl)(C(=O)c1ccc(N)cc1)S(C)(=O)=O. The summed E-state index contributed by atoms with van der Waals surface area (Å²) in [5.41, 5.74) is 6.23. The number of Topliss-reactive ketones (excluding diaryl/α,β-unsaturated/α-hetero) is 1. The highest BCUT2D eigenvalue weighted by molar-refractivity contribution is 7.94. The van der Waals surface area contributed by atoms with Crippen LogP contribution in [0, 0.1) is 0 Å². The molecule has 17 heavy (non-hydrogen) atoms. The maximum Gasteiger partial charge on any atom is 0.207 e. The third kappa shape index (κ3) is 2.61. The monoisotopic (exact) mass is 275 g/mol. The van der Waals surface area contributed by atoms with Crippen LogP contribution in [0.5, 0.6) is 0 Å². The first-order chi connectivity index (χ1) is 7.72. The Morgan fingerprint density at radius 1 is 1.35 bits per heavy atom. The number of alkyl halides is 1. The average Bonchev–Trinajstić information content (AvgIpc) is 2.26. The molecule has 0 heterocycles. The summed E-state index contributed by atoms with van der Waals surface area (Å²) in [4.78, 5) is 12.1. The van der Waals surface area contributed by atoms with Gasteiger partial charge in [0, 0.05) is 17.5 Å². The van der Waals surface area contributed by atoms with Gasteiger partial charge in [-0.05, 0) is 30.7 Å². The van der Waals surface area contributed by atoms with Crippen molar-refractivity contribution in [3.8, 4) is 0 Å². The minimum absolute atomic E-state index is 0.0105. The van der Waals surface area contributed by atoms with Crippen molar-refractivity contribution in [2.24, 2.45) is 0 Å². The van der Waals surface area contributed by atoms with Crippen molar-refractivity contribution < 1.29 is 13.2 Å². The predicted octanol–water partition coefficient (Wildman–Crippen LogP) is 1.84. The van der Waals surface area contributed by atoms with E-state index in [1.165, 1.54) is 24.3 Å². The van der Waals surface area contributed by atoms with E-state index < -0.39 is 19.8 Å². The fraction of sp³-hybridized carbons (Fsp3) is 0.364. The van der Waals surface area contributed by atoms with Crippen LogP contribution in [0.2, 0.25) is 0 Å². The Kier molecular flexibility index (Phi) is 3.84. The highest BCUT2D eigenvalue weighted by Gasteiger charge is 2.44. The number of nitrogens with two attached hydrogens (primary N) is 1. The number of carbonyl (C=O) groups excluding carboxylic acids is 1. The van der Waals surface area contributed by atoms with E-state index in [-0.39, 0.29) is 12.0 Å². The zero-order chi connectivity index (χ0) is 13.3. The molecule has 0 aliphatic carbocycles. The number of sulfone groups is 1. The lowest BCUT2D eigenvalue weighted by Crippen LogP contribution is -2.40. The molecule has 0 aliphatic rings. The summed E-state index contributed by atoms with van der Waals surface area (Å²) < 4.78 is 21.3. The first kappa shape index (κ1) is 14.0. The van der Waals surface area contributed by atoms with Crippen molar-refractivity contribution in [3.05, 3.63) is 29.8 Å². The van der Waals surface area contributed by atoms with Gasteiger partial charge in [0.2, 0.25) is 4.21 Å². The summed E-state index contributed by atoms with van der Waals surface area (Å²) in [6.07, 6.45) is 0.968. The standard InChI is InChI=1S/C11H14ClNO3S/c1-3-11(12,17(2,15)16)10(14)8-4-6-9(13)7-5-8/h4-7H,3,13H2,1-2H3/t11-/m1/s1. The molecule has 0 unspecified atom stereocenters. The van der Waals surface area contributed by atoms with Crippen LogP contribution in [0.3, 0.4) is 0 Å². The summed E-state index contributed by atoms with van der Waals surface area (Å²) in [5, 5.41) is 0. The first-order valence-corrected chi connectivity index (χ1v) is 7.28. The molecule has 1 aromatic carbocycles. The number of nitrogen functional groups attached to an aromatic ring is 1. The van der Waals surface area contributed by atoms with Crippen LogP contribution in [0.25, 0.3) is 0 Å². The molecule has 1 rings (SSSR count). The molecule has 0 bridgehead atoms. The summed E-state index contributed by atoms with van der Waals surface area (Å²) in [6.45, 7) is 1.56. The topological polar surface area (TPSA) is 77.2 Å². The Bertz CT molecular complexity index is 524. The van der Waals surface area contributed by atoms with Gasteiger partial charge in [-0.1, -0.05) is 18.5 Å². The molecule has 1 atom stereocenters. The van der Waals surface area contributed by atoms with Crippen molar-refractivity contribution >= 4 is 32.9 Å². The highest BCUT2D eigenvalue weighted by atomic mass is 35.5. The van der Waals surface area contributed by atoms with Gasteiger partial charge < -0.3 is 5.73 Å². The number of benzene rings is 1. The molecule has 0 aliphatic heterocycles. The third-order valence-corrected chi connectivity index (χ3v) is 5.48. The first-order valence-electron chi connectivity index (χ1n) is 5.01. The van der Waals surface area contributed by atoms with Gasteiger partial charge in [-0.25, -0.2) is 8.42 Å². The van der Waals surface area contributed by atoms with Crippen LogP contribution in [0.4, 0.5) is 5.69 Å². The highest BCUT2D eigenvalue weighted by Crippen LogP contribution is 2.30. The van der Waals surface area contributed by atoms with Crippen LogP contribution in [0.15, 0.2) is 24.3 Å². The number of ketones is 1. The molecule has 0 radical (unpaired) electrons. The van der Waals surface area contributed by atoms with E-state index in [2.05, 4.69) is 0 Å². The van der Waals surface area contributed by atoms with Crippen LogP contribution < -0.4 is 5.73 Å². The fourth-order valence-electron chi connectivity index (χ4n) is 1.44. The zero-order valence-electron chi connectivity index (χ0n) is 9.60. The van der Waals surface area contributed by atoms with Crippen molar-refractivity contribution in [2.75, 3.05) is 12.0 Å². The van der Waals surface area contributed by atoms with Gasteiger partial charge in [0.1, 0.15) is 0 Å². The van der Waals surface area contributed by atoms with Gasteiger partial charge in [-0.2, -0.15) is 0 Å². The maximum absolute atomic E-state index is 12.1. The lowest BCUT2D eigenvalue weighted by Gasteiger charge is -2.21. The number of anilines is 1.